The number of primary amides is 1. The second kappa shape index (κ2) is 7.49. The highest BCUT2D eigenvalue weighted by Gasteiger charge is 2.15. The first-order valence-corrected chi connectivity index (χ1v) is 6.66. The summed E-state index contributed by atoms with van der Waals surface area (Å²) < 4.78 is 0. The summed E-state index contributed by atoms with van der Waals surface area (Å²) in [6.07, 6.45) is 1.54. The van der Waals surface area contributed by atoms with E-state index >= 15 is 0 Å². The van der Waals surface area contributed by atoms with Crippen molar-refractivity contribution in [1.82, 2.24) is 5.32 Å². The summed E-state index contributed by atoms with van der Waals surface area (Å²) in [5.41, 5.74) is 12.3. The fraction of sp³-hybridized carbons (Fsp3) is 0.429. The van der Waals surface area contributed by atoms with Crippen LogP contribution in [-0.2, 0) is 4.79 Å². The van der Waals surface area contributed by atoms with E-state index in [0.717, 1.165) is 12.0 Å². The van der Waals surface area contributed by atoms with E-state index in [1.807, 2.05) is 26.0 Å². The molecule has 3 amide bonds. The van der Waals surface area contributed by atoms with Crippen LogP contribution < -0.4 is 22.1 Å². The smallest absolute Gasteiger partial charge is 0.316 e. The Hall–Kier alpha value is -2.08. The monoisotopic (exact) mass is 278 g/mol. The zero-order valence-corrected chi connectivity index (χ0v) is 11.8. The number of hydrogen-bond donors (Lipinski definition) is 4. The molecule has 110 valence electrons. The minimum Gasteiger partial charge on any atom is -0.351 e. The minimum absolute atomic E-state index is 0.145. The van der Waals surface area contributed by atoms with E-state index in [-0.39, 0.29) is 11.9 Å². The van der Waals surface area contributed by atoms with Gasteiger partial charge in [-0.2, -0.15) is 0 Å². The Kier molecular flexibility index (Phi) is 5.99. The van der Waals surface area contributed by atoms with Crippen LogP contribution in [0.2, 0.25) is 0 Å². The lowest BCUT2D eigenvalue weighted by molar-refractivity contribution is -0.123. The molecule has 0 heterocycles. The summed E-state index contributed by atoms with van der Waals surface area (Å²) in [4.78, 5) is 22.5. The largest absolute Gasteiger partial charge is 0.351 e. The predicted molar refractivity (Wildman–Crippen MR) is 79.1 cm³/mol. The molecule has 0 bridgehead atoms. The molecule has 0 aliphatic carbocycles. The van der Waals surface area contributed by atoms with E-state index in [1.165, 1.54) is 0 Å². The van der Waals surface area contributed by atoms with E-state index in [9.17, 15) is 9.59 Å². The number of anilines is 1. The molecule has 0 spiro atoms. The molecular formula is C14H22N4O2. The van der Waals surface area contributed by atoms with E-state index in [4.69, 9.17) is 11.5 Å². The van der Waals surface area contributed by atoms with Crippen molar-refractivity contribution in [3.8, 4) is 0 Å². The van der Waals surface area contributed by atoms with Crippen LogP contribution in [0.15, 0.2) is 24.3 Å². The van der Waals surface area contributed by atoms with Crippen molar-refractivity contribution in [3.63, 3.8) is 0 Å². The number of nitrogens with two attached hydrogens (primary N) is 2. The lowest BCUT2D eigenvalue weighted by Crippen LogP contribution is -2.41. The summed E-state index contributed by atoms with van der Waals surface area (Å²) in [5, 5.41) is 5.34. The Bertz CT molecular complexity index is 459. The summed E-state index contributed by atoms with van der Waals surface area (Å²) in [6, 6.07) is 5.88. The number of benzene rings is 1. The number of rotatable bonds is 6. The molecule has 1 aromatic rings. The molecule has 2 unspecified atom stereocenters. The predicted octanol–water partition coefficient (Wildman–Crippen LogP) is 1.48. The summed E-state index contributed by atoms with van der Waals surface area (Å²) >= 11 is 0. The third-order valence-corrected chi connectivity index (χ3v) is 2.97. The van der Waals surface area contributed by atoms with Gasteiger partial charge in [0.05, 0.1) is 12.1 Å². The molecule has 0 saturated carbocycles. The van der Waals surface area contributed by atoms with Crippen molar-refractivity contribution < 1.29 is 9.59 Å². The average molecular weight is 278 g/mol. The number of hydrogen-bond acceptors (Lipinski definition) is 3. The third kappa shape index (κ3) is 4.89. The Morgan fingerprint density at radius 1 is 1.25 bits per heavy atom. The Morgan fingerprint density at radius 3 is 2.35 bits per heavy atom. The SMILES string of the molecule is CCCC(N)C(=O)NC(C)c1ccc(NC(N)=O)cc1. The van der Waals surface area contributed by atoms with Crippen molar-refractivity contribution in [1.29, 1.82) is 0 Å². The Balaban J connectivity index is 2.61. The summed E-state index contributed by atoms with van der Waals surface area (Å²) in [5.74, 6) is -0.154. The van der Waals surface area contributed by atoms with E-state index in [2.05, 4.69) is 10.6 Å². The van der Waals surface area contributed by atoms with Gasteiger partial charge in [0, 0.05) is 5.69 Å². The molecule has 1 rings (SSSR count). The normalized spacial score (nSPS) is 13.3. The zero-order valence-electron chi connectivity index (χ0n) is 11.8. The van der Waals surface area contributed by atoms with Gasteiger partial charge in [-0.25, -0.2) is 4.79 Å². The fourth-order valence-corrected chi connectivity index (χ4v) is 1.84. The van der Waals surface area contributed by atoms with Gasteiger partial charge in [-0.05, 0) is 31.0 Å². The van der Waals surface area contributed by atoms with Crippen molar-refractivity contribution in [2.45, 2.75) is 38.8 Å². The molecule has 0 fully saturated rings. The first-order valence-electron chi connectivity index (χ1n) is 6.66. The standard InChI is InChI=1S/C14H22N4O2/c1-3-4-12(15)13(19)17-9(2)10-5-7-11(8-6-10)18-14(16)20/h5-9,12H,3-4,15H2,1-2H3,(H,17,19)(H3,16,18,20). The molecule has 0 aromatic heterocycles. The second-order valence-electron chi connectivity index (χ2n) is 4.74. The van der Waals surface area contributed by atoms with Crippen LogP contribution in [0.4, 0.5) is 10.5 Å². The molecule has 2 atom stereocenters. The van der Waals surface area contributed by atoms with Crippen molar-refractivity contribution in [3.05, 3.63) is 29.8 Å². The number of nitrogens with one attached hydrogen (secondary N) is 2. The maximum atomic E-state index is 11.8. The highest BCUT2D eigenvalue weighted by Crippen LogP contribution is 2.16. The number of carbonyl (C=O) groups excluding carboxylic acids is 2. The first-order chi connectivity index (χ1) is 9.43. The summed E-state index contributed by atoms with van der Waals surface area (Å²) in [7, 11) is 0. The van der Waals surface area contributed by atoms with Gasteiger partial charge in [-0.3, -0.25) is 4.79 Å². The molecule has 20 heavy (non-hydrogen) atoms. The molecular weight excluding hydrogens is 256 g/mol. The van der Waals surface area contributed by atoms with E-state index in [0.29, 0.717) is 12.1 Å². The molecule has 0 saturated heterocycles. The minimum atomic E-state index is -0.607. The summed E-state index contributed by atoms with van der Waals surface area (Å²) in [6.45, 7) is 3.87. The zero-order chi connectivity index (χ0) is 15.1. The van der Waals surface area contributed by atoms with Crippen molar-refractivity contribution in [2.24, 2.45) is 11.5 Å². The molecule has 6 heteroatoms. The Labute approximate surface area is 118 Å². The van der Waals surface area contributed by atoms with Crippen LogP contribution in [0.1, 0.15) is 38.3 Å². The number of carbonyl (C=O) groups is 2. The average Bonchev–Trinajstić information content (AvgIpc) is 2.39. The molecule has 6 N–H and O–H groups in total. The first kappa shape index (κ1) is 16.0. The molecule has 0 aliphatic heterocycles. The maximum absolute atomic E-state index is 11.8. The van der Waals surface area contributed by atoms with E-state index < -0.39 is 12.1 Å². The Morgan fingerprint density at radius 2 is 1.85 bits per heavy atom. The van der Waals surface area contributed by atoms with Crippen LogP contribution >= 0.6 is 0 Å². The third-order valence-electron chi connectivity index (χ3n) is 2.97. The van der Waals surface area contributed by atoms with Gasteiger partial charge in [-0.1, -0.05) is 25.5 Å². The highest BCUT2D eigenvalue weighted by atomic mass is 16.2. The van der Waals surface area contributed by atoms with Crippen LogP contribution in [0.3, 0.4) is 0 Å². The van der Waals surface area contributed by atoms with Gasteiger partial charge in [0.25, 0.3) is 0 Å². The van der Waals surface area contributed by atoms with Crippen LogP contribution in [-0.4, -0.2) is 18.0 Å². The van der Waals surface area contributed by atoms with Crippen molar-refractivity contribution >= 4 is 17.6 Å². The quantitative estimate of drug-likeness (QED) is 0.632. The number of amides is 3. The second-order valence-corrected chi connectivity index (χ2v) is 4.74. The topological polar surface area (TPSA) is 110 Å². The lowest BCUT2D eigenvalue weighted by Gasteiger charge is -2.18. The van der Waals surface area contributed by atoms with Crippen LogP contribution in [0.25, 0.3) is 0 Å². The van der Waals surface area contributed by atoms with Crippen molar-refractivity contribution in [2.75, 3.05) is 5.32 Å². The van der Waals surface area contributed by atoms with Crippen LogP contribution in [0.5, 0.6) is 0 Å². The van der Waals surface area contributed by atoms with Gasteiger partial charge in [-0.15, -0.1) is 0 Å². The molecule has 0 radical (unpaired) electrons. The molecule has 6 nitrogen and oxygen atoms in total. The maximum Gasteiger partial charge on any atom is 0.316 e. The highest BCUT2D eigenvalue weighted by molar-refractivity contribution is 5.87. The fourth-order valence-electron chi connectivity index (χ4n) is 1.84. The van der Waals surface area contributed by atoms with Gasteiger partial charge in [0.15, 0.2) is 0 Å². The van der Waals surface area contributed by atoms with Gasteiger partial charge in [0.2, 0.25) is 5.91 Å². The van der Waals surface area contributed by atoms with E-state index in [1.54, 1.807) is 12.1 Å². The van der Waals surface area contributed by atoms with Gasteiger partial charge >= 0.3 is 6.03 Å². The molecule has 1 aromatic carbocycles. The number of urea groups is 1. The lowest BCUT2D eigenvalue weighted by atomic mass is 10.1. The van der Waals surface area contributed by atoms with Crippen LogP contribution in [0, 0.1) is 0 Å². The molecule has 0 aliphatic rings. The van der Waals surface area contributed by atoms with Gasteiger partial charge < -0.3 is 22.1 Å². The van der Waals surface area contributed by atoms with Gasteiger partial charge in [0.1, 0.15) is 0 Å².